The maximum Gasteiger partial charge on any atom is 0.250 e. The summed E-state index contributed by atoms with van der Waals surface area (Å²) in [5.41, 5.74) is 6.47. The molecule has 0 aliphatic carbocycles. The summed E-state index contributed by atoms with van der Waals surface area (Å²) in [6, 6.07) is 4.17. The van der Waals surface area contributed by atoms with Gasteiger partial charge in [-0.2, -0.15) is 0 Å². The summed E-state index contributed by atoms with van der Waals surface area (Å²) in [5.74, 6) is -0.599. The number of halogens is 1. The van der Waals surface area contributed by atoms with E-state index >= 15 is 0 Å². The van der Waals surface area contributed by atoms with E-state index in [1.807, 2.05) is 0 Å². The Morgan fingerprint density at radius 3 is 2.94 bits per heavy atom. The quantitative estimate of drug-likeness (QED) is 0.737. The number of hydrogen-bond acceptors (Lipinski definition) is 3. The first kappa shape index (κ1) is 12.6. The minimum absolute atomic E-state index is 0.0476. The molecule has 0 aliphatic heterocycles. The minimum Gasteiger partial charge on any atom is -0.370 e. The zero-order valence-corrected chi connectivity index (χ0v) is 9.13. The van der Waals surface area contributed by atoms with Gasteiger partial charge in [-0.25, -0.2) is 4.39 Å². The molecule has 5 heteroatoms. The van der Waals surface area contributed by atoms with Gasteiger partial charge in [-0.15, -0.1) is 0 Å². The molecule has 1 rings (SSSR count). The van der Waals surface area contributed by atoms with Crippen molar-refractivity contribution in [2.45, 2.75) is 6.92 Å². The highest BCUT2D eigenvalue weighted by Crippen LogP contribution is 2.15. The Morgan fingerprint density at radius 2 is 2.31 bits per heavy atom. The van der Waals surface area contributed by atoms with Crippen molar-refractivity contribution >= 4 is 11.6 Å². The van der Waals surface area contributed by atoms with Crippen LogP contribution >= 0.6 is 0 Å². The number of aryl methyl sites for hydroxylation is 1. The Labute approximate surface area is 93.6 Å². The van der Waals surface area contributed by atoms with Gasteiger partial charge >= 0.3 is 0 Å². The number of rotatable bonds is 5. The monoisotopic (exact) mass is 226 g/mol. The molecule has 0 heterocycles. The van der Waals surface area contributed by atoms with Crippen molar-refractivity contribution in [3.8, 4) is 0 Å². The molecule has 0 saturated heterocycles. The number of nitrogens with two attached hydrogens (primary N) is 1. The maximum atomic E-state index is 12.8. The Morgan fingerprint density at radius 1 is 1.56 bits per heavy atom. The minimum atomic E-state index is -0.324. The lowest BCUT2D eigenvalue weighted by atomic mass is 10.2. The molecule has 3 N–H and O–H groups in total. The second-order valence-electron chi connectivity index (χ2n) is 3.35. The summed E-state index contributed by atoms with van der Waals surface area (Å²) >= 11 is 0. The van der Waals surface area contributed by atoms with Crippen LogP contribution in [0.3, 0.4) is 0 Å². The van der Waals surface area contributed by atoms with Crippen molar-refractivity contribution in [1.29, 1.82) is 0 Å². The number of ether oxygens (including phenoxy) is 1. The van der Waals surface area contributed by atoms with Gasteiger partial charge in [0.1, 0.15) is 12.4 Å². The van der Waals surface area contributed by atoms with Crippen molar-refractivity contribution in [2.24, 2.45) is 5.73 Å². The Hall–Kier alpha value is -1.46. The van der Waals surface area contributed by atoms with Crippen molar-refractivity contribution in [3.05, 3.63) is 29.6 Å². The number of benzene rings is 1. The Kier molecular flexibility index (Phi) is 4.88. The number of hydrogen-bond donors (Lipinski definition) is 2. The summed E-state index contributed by atoms with van der Waals surface area (Å²) in [7, 11) is 0. The van der Waals surface area contributed by atoms with Crippen LogP contribution in [0.15, 0.2) is 18.2 Å². The Balaban J connectivity index is 2.49. The third-order valence-corrected chi connectivity index (χ3v) is 1.96. The van der Waals surface area contributed by atoms with Crippen LogP contribution in [0.5, 0.6) is 0 Å². The van der Waals surface area contributed by atoms with Crippen molar-refractivity contribution < 1.29 is 13.9 Å². The molecule has 4 nitrogen and oxygen atoms in total. The number of carbonyl (C=O) groups is 1. The molecule has 1 aromatic rings. The van der Waals surface area contributed by atoms with Crippen LogP contribution in [0.4, 0.5) is 10.1 Å². The van der Waals surface area contributed by atoms with Crippen molar-refractivity contribution in [1.82, 2.24) is 0 Å². The lowest BCUT2D eigenvalue weighted by Crippen LogP contribution is -2.21. The SMILES string of the molecule is Cc1cc(F)ccc1NC(=O)COCCN. The molecule has 0 bridgehead atoms. The molecule has 16 heavy (non-hydrogen) atoms. The highest BCUT2D eigenvalue weighted by molar-refractivity contribution is 5.92. The van der Waals surface area contributed by atoms with Gasteiger partial charge in [0.05, 0.1) is 6.61 Å². The number of nitrogens with one attached hydrogen (secondary N) is 1. The van der Waals surface area contributed by atoms with E-state index in [2.05, 4.69) is 5.32 Å². The summed E-state index contributed by atoms with van der Waals surface area (Å²) < 4.78 is 17.8. The van der Waals surface area contributed by atoms with Crippen LogP contribution in [0.1, 0.15) is 5.56 Å². The van der Waals surface area contributed by atoms with E-state index in [-0.39, 0.29) is 18.3 Å². The molecule has 1 aromatic carbocycles. The summed E-state index contributed by atoms with van der Waals surface area (Å²) in [5, 5.41) is 2.62. The average molecular weight is 226 g/mol. The molecule has 0 spiro atoms. The van der Waals surface area contributed by atoms with Gasteiger partial charge in [-0.3, -0.25) is 4.79 Å². The van der Waals surface area contributed by atoms with Crippen LogP contribution in [0, 0.1) is 12.7 Å². The highest BCUT2D eigenvalue weighted by Gasteiger charge is 2.05. The predicted molar refractivity (Wildman–Crippen MR) is 59.6 cm³/mol. The zero-order valence-electron chi connectivity index (χ0n) is 9.13. The standard InChI is InChI=1S/C11H15FN2O2/c1-8-6-9(12)2-3-10(8)14-11(15)7-16-5-4-13/h2-3,6H,4-5,7,13H2,1H3,(H,14,15). The molecular weight excluding hydrogens is 211 g/mol. The lowest BCUT2D eigenvalue weighted by molar-refractivity contribution is -0.120. The fourth-order valence-electron chi connectivity index (χ4n) is 1.20. The predicted octanol–water partition coefficient (Wildman–Crippen LogP) is 1.05. The van der Waals surface area contributed by atoms with Crippen LogP contribution in [0.25, 0.3) is 0 Å². The second-order valence-corrected chi connectivity index (χ2v) is 3.35. The summed E-state index contributed by atoms with van der Waals surface area (Å²) in [4.78, 5) is 11.4. The molecule has 0 unspecified atom stereocenters. The van der Waals surface area contributed by atoms with Gasteiger partial charge in [0.2, 0.25) is 5.91 Å². The van der Waals surface area contributed by atoms with Gasteiger partial charge in [0, 0.05) is 12.2 Å². The van der Waals surface area contributed by atoms with Crippen LogP contribution in [0.2, 0.25) is 0 Å². The van der Waals surface area contributed by atoms with Crippen LogP contribution < -0.4 is 11.1 Å². The molecule has 0 atom stereocenters. The van der Waals surface area contributed by atoms with Crippen molar-refractivity contribution in [2.75, 3.05) is 25.1 Å². The first-order valence-corrected chi connectivity index (χ1v) is 4.97. The molecule has 1 amide bonds. The fourth-order valence-corrected chi connectivity index (χ4v) is 1.20. The van der Waals surface area contributed by atoms with E-state index in [0.29, 0.717) is 24.4 Å². The highest BCUT2D eigenvalue weighted by atomic mass is 19.1. The first-order chi connectivity index (χ1) is 7.63. The third-order valence-electron chi connectivity index (χ3n) is 1.96. The van der Waals surface area contributed by atoms with Crippen LogP contribution in [-0.2, 0) is 9.53 Å². The van der Waals surface area contributed by atoms with E-state index in [0.717, 1.165) is 0 Å². The topological polar surface area (TPSA) is 64.3 Å². The Bertz CT molecular complexity index is 369. The number of amides is 1. The molecule has 0 aromatic heterocycles. The van der Waals surface area contributed by atoms with E-state index in [9.17, 15) is 9.18 Å². The van der Waals surface area contributed by atoms with Gasteiger partial charge in [0.25, 0.3) is 0 Å². The molecule has 0 radical (unpaired) electrons. The van der Waals surface area contributed by atoms with Gasteiger partial charge in [-0.05, 0) is 30.7 Å². The lowest BCUT2D eigenvalue weighted by Gasteiger charge is -2.08. The number of anilines is 1. The van der Waals surface area contributed by atoms with Crippen molar-refractivity contribution in [3.63, 3.8) is 0 Å². The van der Waals surface area contributed by atoms with Crippen LogP contribution in [-0.4, -0.2) is 25.7 Å². The van der Waals surface area contributed by atoms with E-state index in [1.54, 1.807) is 6.92 Å². The van der Waals surface area contributed by atoms with Gasteiger partial charge in [0.15, 0.2) is 0 Å². The molecule has 0 aliphatic rings. The largest absolute Gasteiger partial charge is 0.370 e. The second kappa shape index (κ2) is 6.19. The van der Waals surface area contributed by atoms with E-state index < -0.39 is 0 Å². The molecule has 0 saturated carbocycles. The third kappa shape index (κ3) is 3.96. The number of carbonyl (C=O) groups excluding carboxylic acids is 1. The average Bonchev–Trinajstić information content (AvgIpc) is 2.23. The molecule has 88 valence electrons. The first-order valence-electron chi connectivity index (χ1n) is 4.97. The smallest absolute Gasteiger partial charge is 0.250 e. The molecule has 0 fully saturated rings. The van der Waals surface area contributed by atoms with E-state index in [4.69, 9.17) is 10.5 Å². The summed E-state index contributed by atoms with van der Waals surface area (Å²) in [6.07, 6.45) is 0. The van der Waals surface area contributed by atoms with E-state index in [1.165, 1.54) is 18.2 Å². The van der Waals surface area contributed by atoms with Gasteiger partial charge < -0.3 is 15.8 Å². The molecular formula is C11H15FN2O2. The maximum absolute atomic E-state index is 12.8. The summed E-state index contributed by atoms with van der Waals surface area (Å²) in [6.45, 7) is 2.39. The van der Waals surface area contributed by atoms with Gasteiger partial charge in [-0.1, -0.05) is 0 Å². The normalized spacial score (nSPS) is 10.2. The fraction of sp³-hybridized carbons (Fsp3) is 0.364. The zero-order chi connectivity index (χ0) is 12.0.